The summed E-state index contributed by atoms with van der Waals surface area (Å²) in [6.45, 7) is 9.49. The number of hydrogen-bond acceptors (Lipinski definition) is 3. The number of ether oxygens (including phenoxy) is 1. The van der Waals surface area contributed by atoms with E-state index in [1.165, 1.54) is 0 Å². The second-order valence-corrected chi connectivity index (χ2v) is 7.30. The van der Waals surface area contributed by atoms with Crippen molar-refractivity contribution >= 4 is 11.9 Å². The molecule has 2 N–H and O–H groups in total. The van der Waals surface area contributed by atoms with Gasteiger partial charge in [-0.15, -0.1) is 0 Å². The van der Waals surface area contributed by atoms with E-state index in [1.807, 2.05) is 20.8 Å². The predicted molar refractivity (Wildman–Crippen MR) is 100 cm³/mol. The number of carbonyl (C=O) groups excluding carboxylic acids is 1. The summed E-state index contributed by atoms with van der Waals surface area (Å²) in [7, 11) is 0. The van der Waals surface area contributed by atoms with E-state index in [9.17, 15) is 4.79 Å². The number of nitrogens with one attached hydrogen (secondary N) is 2. The second-order valence-electron chi connectivity index (χ2n) is 7.30. The Hall–Kier alpha value is -1.52. The molecule has 0 spiro atoms. The first kappa shape index (κ1) is 20.5. The largest absolute Gasteiger partial charge is 0.460 e. The van der Waals surface area contributed by atoms with E-state index in [1.54, 1.807) is 0 Å². The highest BCUT2D eigenvalue weighted by atomic mass is 16.6. The lowest BCUT2D eigenvalue weighted by Crippen LogP contribution is -2.42. The Bertz CT molecular complexity index is 417. The molecule has 0 saturated heterocycles. The number of guanidine groups is 1. The zero-order valence-electron chi connectivity index (χ0n) is 15.9. The van der Waals surface area contributed by atoms with Gasteiger partial charge >= 0.3 is 5.97 Å². The normalized spacial score (nSPS) is 15.6. The first-order chi connectivity index (χ1) is 11.4. The first-order valence-electron chi connectivity index (χ1n) is 9.32. The maximum Gasteiger partial charge on any atom is 0.306 e. The minimum atomic E-state index is -0.379. The maximum absolute atomic E-state index is 11.6. The van der Waals surface area contributed by atoms with Gasteiger partial charge in [-0.1, -0.05) is 25.0 Å². The van der Waals surface area contributed by atoms with Crippen LogP contribution in [-0.2, 0) is 9.53 Å². The van der Waals surface area contributed by atoms with Crippen LogP contribution in [0, 0.1) is 0 Å². The Balaban J connectivity index is 2.10. The fourth-order valence-corrected chi connectivity index (χ4v) is 2.57. The molecule has 0 aromatic heterocycles. The highest BCUT2D eigenvalue weighted by Crippen LogP contribution is 2.11. The van der Waals surface area contributed by atoms with E-state index in [0.717, 1.165) is 57.6 Å². The van der Waals surface area contributed by atoms with Crippen molar-refractivity contribution in [3.8, 4) is 0 Å². The molecule has 0 fully saturated rings. The highest BCUT2D eigenvalue weighted by Gasteiger charge is 2.15. The minimum absolute atomic E-state index is 0.0932. The highest BCUT2D eigenvalue weighted by molar-refractivity contribution is 5.80. The third kappa shape index (κ3) is 10.3. The van der Waals surface area contributed by atoms with Gasteiger partial charge in [0.1, 0.15) is 5.60 Å². The van der Waals surface area contributed by atoms with E-state index >= 15 is 0 Å². The van der Waals surface area contributed by atoms with E-state index < -0.39 is 0 Å². The molecular formula is C19H35N3O2. The maximum atomic E-state index is 11.6. The van der Waals surface area contributed by atoms with Crippen LogP contribution in [0.25, 0.3) is 0 Å². The van der Waals surface area contributed by atoms with Crippen LogP contribution in [0.3, 0.4) is 0 Å². The van der Waals surface area contributed by atoms with Gasteiger partial charge in [0.25, 0.3) is 0 Å². The van der Waals surface area contributed by atoms with Gasteiger partial charge in [-0.3, -0.25) is 9.79 Å². The van der Waals surface area contributed by atoms with Crippen molar-refractivity contribution in [2.45, 2.75) is 84.3 Å². The molecule has 0 aromatic rings. The van der Waals surface area contributed by atoms with Crippen LogP contribution >= 0.6 is 0 Å². The predicted octanol–water partition coefficient (Wildman–Crippen LogP) is 3.55. The molecule has 1 aliphatic carbocycles. The van der Waals surface area contributed by atoms with Crippen molar-refractivity contribution in [2.24, 2.45) is 4.99 Å². The lowest BCUT2D eigenvalue weighted by Gasteiger charge is -2.19. The van der Waals surface area contributed by atoms with Crippen LogP contribution in [0.15, 0.2) is 17.1 Å². The molecule has 1 aliphatic rings. The zero-order chi connectivity index (χ0) is 17.8. The summed E-state index contributed by atoms with van der Waals surface area (Å²) in [6, 6.07) is 0.483. The quantitative estimate of drug-likeness (QED) is 0.222. The zero-order valence-corrected chi connectivity index (χ0v) is 15.9. The van der Waals surface area contributed by atoms with Crippen molar-refractivity contribution in [1.29, 1.82) is 0 Å². The lowest BCUT2D eigenvalue weighted by molar-refractivity contribution is -0.154. The van der Waals surface area contributed by atoms with Gasteiger partial charge < -0.3 is 15.4 Å². The van der Waals surface area contributed by atoms with Gasteiger partial charge in [-0.2, -0.15) is 0 Å². The van der Waals surface area contributed by atoms with Crippen molar-refractivity contribution in [3.05, 3.63) is 12.2 Å². The van der Waals surface area contributed by atoms with E-state index in [-0.39, 0.29) is 11.6 Å². The van der Waals surface area contributed by atoms with Crippen LogP contribution in [0.4, 0.5) is 0 Å². The van der Waals surface area contributed by atoms with Gasteiger partial charge in [0.2, 0.25) is 0 Å². The molecule has 5 heteroatoms. The van der Waals surface area contributed by atoms with Crippen molar-refractivity contribution < 1.29 is 9.53 Å². The molecule has 0 heterocycles. The summed E-state index contributed by atoms with van der Waals surface area (Å²) in [5, 5.41) is 6.77. The summed E-state index contributed by atoms with van der Waals surface area (Å²) in [5.41, 5.74) is -0.379. The molecule has 0 amide bonds. The fraction of sp³-hybridized carbons (Fsp3) is 0.789. The fourth-order valence-electron chi connectivity index (χ4n) is 2.57. The molecule has 5 nitrogen and oxygen atoms in total. The Morgan fingerprint density at radius 3 is 2.46 bits per heavy atom. The second kappa shape index (κ2) is 11.1. The number of aliphatic imine (C=N–C) groups is 1. The van der Waals surface area contributed by atoms with E-state index in [4.69, 9.17) is 4.74 Å². The number of unbranched alkanes of at least 4 members (excludes halogenated alkanes) is 3. The van der Waals surface area contributed by atoms with Gasteiger partial charge in [0.05, 0.1) is 0 Å². The number of esters is 1. The molecule has 0 bridgehead atoms. The summed E-state index contributed by atoms with van der Waals surface area (Å²) in [5.74, 6) is 0.823. The summed E-state index contributed by atoms with van der Waals surface area (Å²) < 4.78 is 5.30. The van der Waals surface area contributed by atoms with Crippen LogP contribution in [0.5, 0.6) is 0 Å². The van der Waals surface area contributed by atoms with Crippen LogP contribution in [0.2, 0.25) is 0 Å². The van der Waals surface area contributed by atoms with Crippen LogP contribution < -0.4 is 10.6 Å². The Morgan fingerprint density at radius 1 is 1.17 bits per heavy atom. The lowest BCUT2D eigenvalue weighted by atomic mass is 10.1. The molecule has 0 radical (unpaired) electrons. The molecule has 0 unspecified atom stereocenters. The standard InChI is InChI=1S/C19H35N3O2/c1-5-20-18(22-16-12-9-10-13-16)21-15-11-7-6-8-14-17(23)24-19(2,3)4/h9-10,16H,5-8,11-15H2,1-4H3,(H2,20,21,22). The van der Waals surface area contributed by atoms with Crippen LogP contribution in [-0.4, -0.2) is 36.7 Å². The average Bonchev–Trinajstić information content (AvgIpc) is 2.97. The molecule has 138 valence electrons. The van der Waals surface area contributed by atoms with Crippen LogP contribution in [0.1, 0.15) is 72.6 Å². The summed E-state index contributed by atoms with van der Waals surface area (Å²) >= 11 is 0. The van der Waals surface area contributed by atoms with Gasteiger partial charge in [0.15, 0.2) is 5.96 Å². The molecule has 1 rings (SSSR count). The molecule has 0 atom stereocenters. The Morgan fingerprint density at radius 2 is 1.83 bits per heavy atom. The van der Waals surface area contributed by atoms with Gasteiger partial charge in [0, 0.05) is 25.6 Å². The van der Waals surface area contributed by atoms with E-state index in [0.29, 0.717) is 12.5 Å². The SMILES string of the molecule is CCNC(=NCCCCCCC(=O)OC(C)(C)C)NC1CC=CC1. The molecule has 0 saturated carbocycles. The first-order valence-corrected chi connectivity index (χ1v) is 9.32. The summed E-state index contributed by atoms with van der Waals surface area (Å²) in [4.78, 5) is 16.2. The number of carbonyl (C=O) groups is 1. The number of nitrogens with zero attached hydrogens (tertiary/aromatic N) is 1. The van der Waals surface area contributed by atoms with Crippen molar-refractivity contribution in [3.63, 3.8) is 0 Å². The van der Waals surface area contributed by atoms with Gasteiger partial charge in [-0.05, 0) is 53.4 Å². The monoisotopic (exact) mass is 337 g/mol. The molecule has 0 aromatic carbocycles. The number of rotatable bonds is 9. The Kier molecular flexibility index (Phi) is 9.50. The molecule has 24 heavy (non-hydrogen) atoms. The number of hydrogen-bond donors (Lipinski definition) is 2. The molecular weight excluding hydrogens is 302 g/mol. The summed E-state index contributed by atoms with van der Waals surface area (Å²) in [6.07, 6.45) is 11.2. The third-order valence-electron chi connectivity index (χ3n) is 3.67. The van der Waals surface area contributed by atoms with Gasteiger partial charge in [-0.25, -0.2) is 0 Å². The minimum Gasteiger partial charge on any atom is -0.460 e. The van der Waals surface area contributed by atoms with Crippen molar-refractivity contribution in [2.75, 3.05) is 13.1 Å². The third-order valence-corrected chi connectivity index (χ3v) is 3.67. The average molecular weight is 338 g/mol. The smallest absolute Gasteiger partial charge is 0.306 e. The topological polar surface area (TPSA) is 62.7 Å². The van der Waals surface area contributed by atoms with Crippen molar-refractivity contribution in [1.82, 2.24) is 10.6 Å². The van der Waals surface area contributed by atoms with E-state index in [2.05, 4.69) is 34.7 Å². The Labute approximate surface area is 147 Å². The molecule has 0 aliphatic heterocycles.